The van der Waals surface area contributed by atoms with Crippen LogP contribution < -0.4 is 0 Å². The molecule has 0 heterocycles. The van der Waals surface area contributed by atoms with E-state index in [1.165, 1.54) is 28.7 Å². The van der Waals surface area contributed by atoms with Crippen LogP contribution in [0.4, 0.5) is 0 Å². The molecule has 1 aliphatic carbocycles. The Morgan fingerprint density at radius 3 is 1.78 bits per heavy atom. The molecule has 1 aromatic rings. The molecule has 1 aromatic carbocycles. The predicted molar refractivity (Wildman–Crippen MR) is 81.4 cm³/mol. The lowest BCUT2D eigenvalue weighted by molar-refractivity contribution is 0.359. The lowest BCUT2D eigenvalue weighted by Gasteiger charge is -2.37. The standard InChI is InChI=1S/C10H15.C8H10/c1-7(2)9-5-6-10(9)8(3)4;1-7-4-3-5-8(2)6-7/h5,9-10H,1,3,6H2,2,4H3;3-6H,1-2H3. The molecule has 2 unspecified atom stereocenters. The van der Waals surface area contributed by atoms with E-state index in [9.17, 15) is 0 Å². The van der Waals surface area contributed by atoms with Crippen LogP contribution in [0.15, 0.2) is 48.6 Å². The number of hydrogen-bond acceptors (Lipinski definition) is 0. The van der Waals surface area contributed by atoms with E-state index in [4.69, 9.17) is 0 Å². The average molecular weight is 241 g/mol. The van der Waals surface area contributed by atoms with Crippen molar-refractivity contribution in [1.29, 1.82) is 0 Å². The van der Waals surface area contributed by atoms with E-state index in [0.717, 1.165) is 0 Å². The fraction of sp³-hybridized carbons (Fsp3) is 0.389. The zero-order valence-electron chi connectivity index (χ0n) is 12.2. The van der Waals surface area contributed by atoms with Crippen LogP contribution in [0.1, 0.15) is 31.4 Å². The summed E-state index contributed by atoms with van der Waals surface area (Å²) in [7, 11) is 0. The van der Waals surface area contributed by atoms with Gasteiger partial charge in [-0.2, -0.15) is 0 Å². The molecule has 0 saturated heterocycles. The molecule has 0 aliphatic heterocycles. The molecular formula is C18H25. The van der Waals surface area contributed by atoms with Crippen molar-refractivity contribution in [3.05, 3.63) is 66.1 Å². The first-order chi connectivity index (χ1) is 8.41. The fourth-order valence-corrected chi connectivity index (χ4v) is 2.27. The number of rotatable bonds is 2. The molecule has 1 fully saturated rings. The van der Waals surface area contributed by atoms with Gasteiger partial charge in [-0.3, -0.25) is 0 Å². The third kappa shape index (κ3) is 4.18. The Balaban J connectivity index is 0.000000184. The summed E-state index contributed by atoms with van der Waals surface area (Å²) >= 11 is 0. The smallest absolute Gasteiger partial charge is 0.0112 e. The lowest BCUT2D eigenvalue weighted by atomic mass is 9.67. The Bertz CT molecular complexity index is 388. The van der Waals surface area contributed by atoms with Crippen LogP contribution in [0.2, 0.25) is 0 Å². The zero-order valence-corrected chi connectivity index (χ0v) is 12.2. The van der Waals surface area contributed by atoms with Gasteiger partial charge in [0.05, 0.1) is 0 Å². The minimum absolute atomic E-state index is 0.623. The minimum Gasteiger partial charge on any atom is -0.0998 e. The average Bonchev–Trinajstić information content (AvgIpc) is 2.13. The minimum atomic E-state index is 0.623. The molecule has 0 heteroatoms. The van der Waals surface area contributed by atoms with Crippen molar-refractivity contribution in [3.63, 3.8) is 0 Å². The fourth-order valence-electron chi connectivity index (χ4n) is 2.27. The predicted octanol–water partition coefficient (Wildman–Crippen LogP) is 5.28. The van der Waals surface area contributed by atoms with Gasteiger partial charge < -0.3 is 0 Å². The molecule has 0 spiro atoms. The Hall–Kier alpha value is -1.30. The number of aryl methyl sites for hydroxylation is 2. The maximum atomic E-state index is 3.95. The van der Waals surface area contributed by atoms with Crippen LogP contribution in [0.5, 0.6) is 0 Å². The summed E-state index contributed by atoms with van der Waals surface area (Å²) in [6.07, 6.45) is 3.52. The summed E-state index contributed by atoms with van der Waals surface area (Å²) in [5, 5.41) is 0. The maximum absolute atomic E-state index is 3.95. The molecule has 0 N–H and O–H groups in total. The molecule has 18 heavy (non-hydrogen) atoms. The monoisotopic (exact) mass is 241 g/mol. The highest BCUT2D eigenvalue weighted by molar-refractivity contribution is 5.21. The van der Waals surface area contributed by atoms with Gasteiger partial charge in [-0.25, -0.2) is 0 Å². The van der Waals surface area contributed by atoms with Crippen LogP contribution in [-0.4, -0.2) is 0 Å². The van der Waals surface area contributed by atoms with E-state index in [2.05, 4.69) is 71.5 Å². The first kappa shape index (κ1) is 14.8. The van der Waals surface area contributed by atoms with Crippen molar-refractivity contribution in [2.45, 2.75) is 34.1 Å². The number of hydrogen-bond donors (Lipinski definition) is 0. The second-order valence-electron chi connectivity index (χ2n) is 5.45. The topological polar surface area (TPSA) is 0 Å². The molecule has 0 amide bonds. The van der Waals surface area contributed by atoms with Crippen molar-refractivity contribution in [1.82, 2.24) is 0 Å². The van der Waals surface area contributed by atoms with Gasteiger partial charge >= 0.3 is 0 Å². The zero-order chi connectivity index (χ0) is 13.7. The first-order valence-electron chi connectivity index (χ1n) is 6.59. The molecule has 97 valence electrons. The van der Waals surface area contributed by atoms with Crippen molar-refractivity contribution in [2.24, 2.45) is 11.8 Å². The lowest BCUT2D eigenvalue weighted by Crippen LogP contribution is -2.27. The Morgan fingerprint density at radius 1 is 1.06 bits per heavy atom. The molecule has 1 radical (unpaired) electrons. The van der Waals surface area contributed by atoms with Gasteiger partial charge in [0.25, 0.3) is 0 Å². The Labute approximate surface area is 112 Å². The Kier molecular flexibility index (Phi) is 5.40. The molecule has 0 aromatic heterocycles. The van der Waals surface area contributed by atoms with E-state index in [-0.39, 0.29) is 0 Å². The van der Waals surface area contributed by atoms with E-state index in [1.807, 2.05) is 0 Å². The molecule has 1 saturated carbocycles. The SMILES string of the molecule is C=C(C)C1[CH]CC1C(=C)C.Cc1cccc(C)c1. The Morgan fingerprint density at radius 2 is 1.61 bits per heavy atom. The van der Waals surface area contributed by atoms with Crippen molar-refractivity contribution >= 4 is 0 Å². The van der Waals surface area contributed by atoms with E-state index >= 15 is 0 Å². The summed E-state index contributed by atoms with van der Waals surface area (Å²) < 4.78 is 0. The van der Waals surface area contributed by atoms with Gasteiger partial charge in [-0.05, 0) is 52.4 Å². The summed E-state index contributed by atoms with van der Waals surface area (Å²) in [6, 6.07) is 8.45. The van der Waals surface area contributed by atoms with E-state index < -0.39 is 0 Å². The highest BCUT2D eigenvalue weighted by atomic mass is 14.4. The maximum Gasteiger partial charge on any atom is -0.0112 e. The molecule has 0 nitrogen and oxygen atoms in total. The van der Waals surface area contributed by atoms with Gasteiger partial charge in [-0.1, -0.05) is 59.7 Å². The van der Waals surface area contributed by atoms with Gasteiger partial charge in [0, 0.05) is 0 Å². The highest BCUT2D eigenvalue weighted by Gasteiger charge is 2.31. The van der Waals surface area contributed by atoms with Crippen molar-refractivity contribution in [2.75, 3.05) is 0 Å². The van der Waals surface area contributed by atoms with Gasteiger partial charge in [0.15, 0.2) is 0 Å². The molecule has 2 atom stereocenters. The van der Waals surface area contributed by atoms with Crippen LogP contribution in [0.25, 0.3) is 0 Å². The summed E-state index contributed by atoms with van der Waals surface area (Å²) in [5.74, 6) is 1.31. The van der Waals surface area contributed by atoms with Crippen molar-refractivity contribution < 1.29 is 0 Å². The molecule has 2 rings (SSSR count). The van der Waals surface area contributed by atoms with Crippen LogP contribution >= 0.6 is 0 Å². The largest absolute Gasteiger partial charge is 0.0998 e. The van der Waals surface area contributed by atoms with Crippen molar-refractivity contribution in [3.8, 4) is 0 Å². The first-order valence-corrected chi connectivity index (χ1v) is 6.59. The third-order valence-electron chi connectivity index (χ3n) is 3.45. The summed E-state index contributed by atoms with van der Waals surface area (Å²) in [5.41, 5.74) is 5.25. The van der Waals surface area contributed by atoms with Gasteiger partial charge in [0.2, 0.25) is 0 Å². The second-order valence-corrected chi connectivity index (χ2v) is 5.45. The molecule has 1 aliphatic rings. The van der Waals surface area contributed by atoms with Crippen LogP contribution in [0, 0.1) is 32.1 Å². The number of benzene rings is 1. The number of allylic oxidation sites excluding steroid dienone is 2. The third-order valence-corrected chi connectivity index (χ3v) is 3.45. The van der Waals surface area contributed by atoms with E-state index in [0.29, 0.717) is 11.8 Å². The quantitative estimate of drug-likeness (QED) is 0.618. The van der Waals surface area contributed by atoms with Gasteiger partial charge in [-0.15, -0.1) is 0 Å². The normalized spacial score (nSPS) is 21.3. The summed E-state index contributed by atoms with van der Waals surface area (Å²) in [6.45, 7) is 16.3. The van der Waals surface area contributed by atoms with Gasteiger partial charge in [0.1, 0.15) is 0 Å². The molecule has 0 bridgehead atoms. The van der Waals surface area contributed by atoms with Crippen LogP contribution in [-0.2, 0) is 0 Å². The highest BCUT2D eigenvalue weighted by Crippen LogP contribution is 2.41. The molecular weight excluding hydrogens is 216 g/mol. The summed E-state index contributed by atoms with van der Waals surface area (Å²) in [4.78, 5) is 0. The van der Waals surface area contributed by atoms with E-state index in [1.54, 1.807) is 0 Å². The second kappa shape index (κ2) is 6.58. The van der Waals surface area contributed by atoms with Crippen LogP contribution in [0.3, 0.4) is 0 Å².